The van der Waals surface area contributed by atoms with E-state index in [1.165, 1.54) is 7.11 Å². The summed E-state index contributed by atoms with van der Waals surface area (Å²) in [6.45, 7) is 6.27. The summed E-state index contributed by atoms with van der Waals surface area (Å²) in [6, 6.07) is 5.48. The molecule has 1 aromatic rings. The van der Waals surface area contributed by atoms with E-state index in [4.69, 9.17) is 4.74 Å². The maximum absolute atomic E-state index is 13.7. The number of halogens is 1. The molecule has 1 unspecified atom stereocenters. The molecule has 1 saturated heterocycles. The van der Waals surface area contributed by atoms with Gasteiger partial charge >= 0.3 is 0 Å². The van der Waals surface area contributed by atoms with Gasteiger partial charge in [0.1, 0.15) is 0 Å². The van der Waals surface area contributed by atoms with Gasteiger partial charge < -0.3 is 10.1 Å². The van der Waals surface area contributed by atoms with Crippen LogP contribution in [0.3, 0.4) is 0 Å². The molecule has 0 amide bonds. The van der Waals surface area contributed by atoms with Crippen molar-refractivity contribution in [2.45, 2.75) is 19.4 Å². The third kappa shape index (κ3) is 3.00. The minimum Gasteiger partial charge on any atom is -0.494 e. The first-order valence-electron chi connectivity index (χ1n) is 6.50. The van der Waals surface area contributed by atoms with Gasteiger partial charge in [0.05, 0.1) is 7.11 Å². The van der Waals surface area contributed by atoms with Gasteiger partial charge in [0, 0.05) is 19.1 Å². The van der Waals surface area contributed by atoms with Crippen molar-refractivity contribution in [3.8, 4) is 5.75 Å². The van der Waals surface area contributed by atoms with E-state index in [1.807, 2.05) is 6.07 Å². The van der Waals surface area contributed by atoms with Crippen LogP contribution in [0.1, 0.15) is 24.9 Å². The van der Waals surface area contributed by atoms with Crippen LogP contribution in [-0.4, -0.2) is 38.2 Å². The van der Waals surface area contributed by atoms with E-state index in [0.717, 1.165) is 38.2 Å². The molecule has 1 heterocycles. The first-order chi connectivity index (χ1) is 8.72. The number of nitrogens with one attached hydrogen (secondary N) is 1. The first-order valence-corrected chi connectivity index (χ1v) is 6.50. The number of methoxy groups -OCH3 is 1. The van der Waals surface area contributed by atoms with E-state index in [1.54, 1.807) is 12.1 Å². The molecule has 2 rings (SSSR count). The van der Waals surface area contributed by atoms with Crippen molar-refractivity contribution in [1.29, 1.82) is 0 Å². The summed E-state index contributed by atoms with van der Waals surface area (Å²) in [5.41, 5.74) is 1.01. The molecule has 0 radical (unpaired) electrons. The van der Waals surface area contributed by atoms with Crippen LogP contribution in [0.5, 0.6) is 5.75 Å². The van der Waals surface area contributed by atoms with Gasteiger partial charge in [-0.25, -0.2) is 4.39 Å². The van der Waals surface area contributed by atoms with Crippen molar-refractivity contribution in [1.82, 2.24) is 10.2 Å². The highest BCUT2D eigenvalue weighted by Crippen LogP contribution is 2.25. The van der Waals surface area contributed by atoms with Crippen LogP contribution in [0.2, 0.25) is 0 Å². The molecule has 1 aliphatic rings. The summed E-state index contributed by atoms with van der Waals surface area (Å²) in [7, 11) is 1.49. The first kappa shape index (κ1) is 13.3. The van der Waals surface area contributed by atoms with Crippen LogP contribution in [0.25, 0.3) is 0 Å². The lowest BCUT2D eigenvalue weighted by atomic mass is 10.1. The number of benzene rings is 1. The number of hydrogen-bond acceptors (Lipinski definition) is 3. The van der Waals surface area contributed by atoms with Gasteiger partial charge in [-0.3, -0.25) is 4.90 Å². The predicted octanol–water partition coefficient (Wildman–Crippen LogP) is 2.19. The standard InChI is InChI=1S/C14H21FN2O/c1-11(17-8-3-6-16-7-9-17)12-4-5-14(18-2)13(15)10-12/h4-5,10-11,16H,3,6-9H2,1-2H3. The largest absolute Gasteiger partial charge is 0.494 e. The van der Waals surface area contributed by atoms with Crippen LogP contribution < -0.4 is 10.1 Å². The Morgan fingerprint density at radius 2 is 2.17 bits per heavy atom. The highest BCUT2D eigenvalue weighted by atomic mass is 19.1. The molecule has 1 fully saturated rings. The predicted molar refractivity (Wildman–Crippen MR) is 70.4 cm³/mol. The minimum absolute atomic E-state index is 0.241. The van der Waals surface area contributed by atoms with Crippen LogP contribution in [0, 0.1) is 5.82 Å². The van der Waals surface area contributed by atoms with Gasteiger partial charge in [0.2, 0.25) is 0 Å². The zero-order valence-corrected chi connectivity index (χ0v) is 11.1. The van der Waals surface area contributed by atoms with Crippen LogP contribution >= 0.6 is 0 Å². The van der Waals surface area contributed by atoms with Crippen LogP contribution in [-0.2, 0) is 0 Å². The van der Waals surface area contributed by atoms with Gasteiger partial charge in [0.15, 0.2) is 11.6 Å². The van der Waals surface area contributed by atoms with Crippen molar-refractivity contribution in [2.75, 3.05) is 33.3 Å². The zero-order valence-electron chi connectivity index (χ0n) is 11.1. The molecule has 1 N–H and O–H groups in total. The van der Waals surface area contributed by atoms with Gasteiger partial charge in [-0.15, -0.1) is 0 Å². The highest BCUT2D eigenvalue weighted by Gasteiger charge is 2.18. The van der Waals surface area contributed by atoms with E-state index in [9.17, 15) is 4.39 Å². The third-order valence-electron chi connectivity index (χ3n) is 3.58. The normalized spacial score (nSPS) is 19.3. The smallest absolute Gasteiger partial charge is 0.165 e. The van der Waals surface area contributed by atoms with Gasteiger partial charge in [-0.2, -0.15) is 0 Å². The Bertz CT molecular complexity index is 389. The SMILES string of the molecule is COc1ccc(C(C)N2CCCNCC2)cc1F. The number of hydrogen-bond donors (Lipinski definition) is 1. The molecular formula is C14H21FN2O. The fourth-order valence-electron chi connectivity index (χ4n) is 2.41. The molecule has 0 spiro atoms. The topological polar surface area (TPSA) is 24.5 Å². The average Bonchev–Trinajstić information content (AvgIpc) is 2.66. The summed E-state index contributed by atoms with van der Waals surface area (Å²) < 4.78 is 18.6. The van der Waals surface area contributed by atoms with Gasteiger partial charge in [-0.05, 0) is 44.1 Å². The van der Waals surface area contributed by atoms with Crippen molar-refractivity contribution in [3.05, 3.63) is 29.6 Å². The molecule has 18 heavy (non-hydrogen) atoms. The Kier molecular flexibility index (Phi) is 4.55. The number of nitrogens with zero attached hydrogens (tertiary/aromatic N) is 1. The lowest BCUT2D eigenvalue weighted by Gasteiger charge is -2.27. The molecule has 4 heteroatoms. The summed E-state index contributed by atoms with van der Waals surface area (Å²) in [5.74, 6) is 0.0262. The van der Waals surface area contributed by atoms with Crippen molar-refractivity contribution in [3.63, 3.8) is 0 Å². The summed E-state index contributed by atoms with van der Waals surface area (Å²) in [4.78, 5) is 2.39. The third-order valence-corrected chi connectivity index (χ3v) is 3.58. The number of ether oxygens (including phenoxy) is 1. The molecule has 1 aliphatic heterocycles. The second kappa shape index (κ2) is 6.16. The highest BCUT2D eigenvalue weighted by molar-refractivity contribution is 5.30. The van der Waals surface area contributed by atoms with Crippen molar-refractivity contribution in [2.24, 2.45) is 0 Å². The Hall–Kier alpha value is -1.13. The molecule has 1 aromatic carbocycles. The minimum atomic E-state index is -0.283. The Morgan fingerprint density at radius 1 is 1.33 bits per heavy atom. The number of rotatable bonds is 3. The second-order valence-electron chi connectivity index (χ2n) is 4.71. The maximum atomic E-state index is 13.7. The molecule has 0 saturated carbocycles. The van der Waals surface area contributed by atoms with E-state index >= 15 is 0 Å². The van der Waals surface area contributed by atoms with Crippen LogP contribution in [0.4, 0.5) is 4.39 Å². The fraction of sp³-hybridized carbons (Fsp3) is 0.571. The van der Waals surface area contributed by atoms with Crippen molar-refractivity contribution >= 4 is 0 Å². The van der Waals surface area contributed by atoms with Crippen molar-refractivity contribution < 1.29 is 9.13 Å². The molecule has 0 bridgehead atoms. The summed E-state index contributed by atoms with van der Waals surface area (Å²) in [6.07, 6.45) is 1.14. The van der Waals surface area contributed by atoms with Crippen LogP contribution in [0.15, 0.2) is 18.2 Å². The second-order valence-corrected chi connectivity index (χ2v) is 4.71. The zero-order chi connectivity index (χ0) is 13.0. The summed E-state index contributed by atoms with van der Waals surface area (Å²) >= 11 is 0. The fourth-order valence-corrected chi connectivity index (χ4v) is 2.41. The lowest BCUT2D eigenvalue weighted by molar-refractivity contribution is 0.225. The molecular weight excluding hydrogens is 231 g/mol. The van der Waals surface area contributed by atoms with E-state index in [2.05, 4.69) is 17.1 Å². The molecule has 1 atom stereocenters. The average molecular weight is 252 g/mol. The van der Waals surface area contributed by atoms with Gasteiger partial charge in [0.25, 0.3) is 0 Å². The molecule has 3 nitrogen and oxygen atoms in total. The quantitative estimate of drug-likeness (QED) is 0.892. The van der Waals surface area contributed by atoms with Gasteiger partial charge in [-0.1, -0.05) is 6.07 Å². The molecule has 100 valence electrons. The van der Waals surface area contributed by atoms with E-state index < -0.39 is 0 Å². The summed E-state index contributed by atoms with van der Waals surface area (Å²) in [5, 5.41) is 3.38. The van der Waals surface area contributed by atoms with E-state index in [0.29, 0.717) is 5.75 Å². The Morgan fingerprint density at radius 3 is 2.89 bits per heavy atom. The van der Waals surface area contributed by atoms with E-state index in [-0.39, 0.29) is 11.9 Å². The Balaban J connectivity index is 2.11. The Labute approximate surface area is 108 Å². The lowest BCUT2D eigenvalue weighted by Crippen LogP contribution is -2.30. The maximum Gasteiger partial charge on any atom is 0.165 e. The monoisotopic (exact) mass is 252 g/mol. The molecule has 0 aliphatic carbocycles. The molecule has 0 aromatic heterocycles.